The fourth-order valence-electron chi connectivity index (χ4n) is 2.33. The van der Waals surface area contributed by atoms with E-state index in [-0.39, 0.29) is 17.5 Å². The number of hydrogen-bond acceptors (Lipinski definition) is 4. The Morgan fingerprint density at radius 1 is 1.08 bits per heavy atom. The van der Waals surface area contributed by atoms with Crippen LogP contribution in [0.3, 0.4) is 0 Å². The molecular weight excluding hydrogens is 320 g/mol. The molecular formula is C18H16N4O3. The second-order valence-electron chi connectivity index (χ2n) is 5.47. The van der Waals surface area contributed by atoms with Crippen LogP contribution in [0.15, 0.2) is 64.8 Å². The molecule has 0 aliphatic rings. The number of para-hydroxylation sites is 1. The summed E-state index contributed by atoms with van der Waals surface area (Å²) >= 11 is 0. The van der Waals surface area contributed by atoms with Crippen LogP contribution in [0, 0.1) is 0 Å². The molecule has 0 fully saturated rings. The predicted octanol–water partition coefficient (Wildman–Crippen LogP) is 3.30. The molecule has 2 aromatic carbocycles. The van der Waals surface area contributed by atoms with E-state index in [9.17, 15) is 14.7 Å². The number of aromatic amines is 1. The molecule has 0 saturated carbocycles. The number of azo groups is 1. The van der Waals surface area contributed by atoms with Crippen LogP contribution in [0.5, 0.6) is 5.88 Å². The van der Waals surface area contributed by atoms with Crippen molar-refractivity contribution in [1.82, 2.24) is 10.3 Å². The molecule has 0 saturated heterocycles. The maximum Gasteiger partial charge on any atom is 0.286 e. The van der Waals surface area contributed by atoms with Gasteiger partial charge in [-0.15, -0.1) is 10.2 Å². The van der Waals surface area contributed by atoms with Crippen LogP contribution in [0.1, 0.15) is 17.3 Å². The second-order valence-corrected chi connectivity index (χ2v) is 5.47. The highest BCUT2D eigenvalue weighted by atomic mass is 16.3. The molecule has 7 nitrogen and oxygen atoms in total. The smallest absolute Gasteiger partial charge is 0.286 e. The zero-order valence-electron chi connectivity index (χ0n) is 13.4. The van der Waals surface area contributed by atoms with E-state index in [1.807, 2.05) is 6.07 Å². The Bertz CT molecular complexity index is 947. The Balaban J connectivity index is 1.71. The van der Waals surface area contributed by atoms with Gasteiger partial charge in [-0.3, -0.25) is 9.59 Å². The lowest BCUT2D eigenvalue weighted by Gasteiger charge is -2.09. The van der Waals surface area contributed by atoms with Crippen molar-refractivity contribution in [2.45, 2.75) is 13.0 Å². The minimum atomic E-state index is -0.844. The molecule has 25 heavy (non-hydrogen) atoms. The number of benzene rings is 2. The van der Waals surface area contributed by atoms with Crippen LogP contribution in [0.25, 0.3) is 10.9 Å². The summed E-state index contributed by atoms with van der Waals surface area (Å²) in [6.45, 7) is 1.53. The normalized spacial score (nSPS) is 12.4. The molecule has 0 aliphatic heterocycles. The Morgan fingerprint density at radius 3 is 2.52 bits per heavy atom. The van der Waals surface area contributed by atoms with E-state index < -0.39 is 11.9 Å². The molecule has 3 rings (SSSR count). The van der Waals surface area contributed by atoms with Gasteiger partial charge in [0.15, 0.2) is 5.69 Å². The SMILES string of the molecule is CC(NC(=O)c1ccccc1)C(=O)N=Nc1c(O)[nH]c2ccccc12. The number of carbonyl (C=O) groups excluding carboxylic acids is 2. The van der Waals surface area contributed by atoms with Crippen LogP contribution in [-0.4, -0.2) is 27.9 Å². The molecule has 1 unspecified atom stereocenters. The fraction of sp³-hybridized carbons (Fsp3) is 0.111. The first-order chi connectivity index (χ1) is 12.1. The van der Waals surface area contributed by atoms with Gasteiger partial charge in [0.1, 0.15) is 6.04 Å². The molecule has 0 bridgehead atoms. The van der Waals surface area contributed by atoms with Gasteiger partial charge in [-0.25, -0.2) is 0 Å². The molecule has 7 heteroatoms. The number of aromatic nitrogens is 1. The third-order valence-corrected chi connectivity index (χ3v) is 3.66. The Morgan fingerprint density at radius 2 is 1.76 bits per heavy atom. The lowest BCUT2D eigenvalue weighted by Crippen LogP contribution is -2.37. The zero-order chi connectivity index (χ0) is 17.8. The summed E-state index contributed by atoms with van der Waals surface area (Å²) in [5.74, 6) is -1.15. The number of hydrogen-bond donors (Lipinski definition) is 3. The van der Waals surface area contributed by atoms with E-state index in [1.165, 1.54) is 6.92 Å². The monoisotopic (exact) mass is 336 g/mol. The summed E-state index contributed by atoms with van der Waals surface area (Å²) in [4.78, 5) is 26.9. The third kappa shape index (κ3) is 3.55. The number of rotatable bonds is 4. The quantitative estimate of drug-likeness (QED) is 0.636. The summed E-state index contributed by atoms with van der Waals surface area (Å²) in [6.07, 6.45) is 0. The average Bonchev–Trinajstić information content (AvgIpc) is 2.95. The van der Waals surface area contributed by atoms with E-state index in [1.54, 1.807) is 48.5 Å². The highest BCUT2D eigenvalue weighted by Gasteiger charge is 2.17. The van der Waals surface area contributed by atoms with E-state index in [0.717, 1.165) is 0 Å². The van der Waals surface area contributed by atoms with Crippen LogP contribution >= 0.6 is 0 Å². The largest absolute Gasteiger partial charge is 0.493 e. The molecule has 3 N–H and O–H groups in total. The van der Waals surface area contributed by atoms with E-state index in [4.69, 9.17) is 0 Å². The van der Waals surface area contributed by atoms with Gasteiger partial charge in [0.25, 0.3) is 11.8 Å². The number of nitrogens with zero attached hydrogens (tertiary/aromatic N) is 2. The number of carbonyl (C=O) groups is 2. The fourth-order valence-corrected chi connectivity index (χ4v) is 2.33. The van der Waals surface area contributed by atoms with Crippen LogP contribution in [-0.2, 0) is 4.79 Å². The highest BCUT2D eigenvalue weighted by Crippen LogP contribution is 2.35. The molecule has 126 valence electrons. The molecule has 0 aliphatic carbocycles. The summed E-state index contributed by atoms with van der Waals surface area (Å²) in [6, 6.07) is 14.9. The van der Waals surface area contributed by atoms with Crippen molar-refractivity contribution in [2.24, 2.45) is 10.2 Å². The first kappa shape index (κ1) is 16.4. The first-order valence-corrected chi connectivity index (χ1v) is 7.67. The lowest BCUT2D eigenvalue weighted by atomic mass is 10.2. The van der Waals surface area contributed by atoms with Gasteiger partial charge in [-0.1, -0.05) is 36.4 Å². The molecule has 3 aromatic rings. The molecule has 2 amide bonds. The average molecular weight is 336 g/mol. The number of amides is 2. The van der Waals surface area contributed by atoms with Crippen molar-refractivity contribution in [1.29, 1.82) is 0 Å². The molecule has 0 spiro atoms. The van der Waals surface area contributed by atoms with Crippen molar-refractivity contribution in [2.75, 3.05) is 0 Å². The topological polar surface area (TPSA) is 107 Å². The maximum absolute atomic E-state index is 12.1. The summed E-state index contributed by atoms with van der Waals surface area (Å²) in [5, 5.41) is 20.6. The van der Waals surface area contributed by atoms with Crippen molar-refractivity contribution in [3.8, 4) is 5.88 Å². The molecule has 1 atom stereocenters. The van der Waals surface area contributed by atoms with Crippen molar-refractivity contribution >= 4 is 28.4 Å². The molecule has 1 heterocycles. The van der Waals surface area contributed by atoms with E-state index in [2.05, 4.69) is 20.5 Å². The minimum absolute atomic E-state index is 0.168. The van der Waals surface area contributed by atoms with Gasteiger partial charge in [0, 0.05) is 10.9 Å². The van der Waals surface area contributed by atoms with Gasteiger partial charge in [0.05, 0.1) is 5.52 Å². The van der Waals surface area contributed by atoms with E-state index in [0.29, 0.717) is 16.5 Å². The highest BCUT2D eigenvalue weighted by molar-refractivity contribution is 5.98. The number of H-pyrrole nitrogens is 1. The van der Waals surface area contributed by atoms with E-state index >= 15 is 0 Å². The number of aromatic hydroxyl groups is 1. The minimum Gasteiger partial charge on any atom is -0.493 e. The van der Waals surface area contributed by atoms with Gasteiger partial charge < -0.3 is 15.4 Å². The molecule has 1 aromatic heterocycles. The predicted molar refractivity (Wildman–Crippen MR) is 92.9 cm³/mol. The van der Waals surface area contributed by atoms with Crippen LogP contribution in [0.4, 0.5) is 5.69 Å². The second kappa shape index (κ2) is 6.96. The summed E-state index contributed by atoms with van der Waals surface area (Å²) < 4.78 is 0. The standard InChI is InChI=1S/C18H16N4O3/c1-11(19-17(24)12-7-3-2-4-8-12)16(23)22-21-15-13-9-5-6-10-14(13)20-18(15)25/h2-11,20,25H,1H3,(H,19,24). The van der Waals surface area contributed by atoms with Crippen LogP contribution in [0.2, 0.25) is 0 Å². The van der Waals surface area contributed by atoms with Gasteiger partial charge in [-0.2, -0.15) is 0 Å². The number of nitrogens with one attached hydrogen (secondary N) is 2. The molecule has 0 radical (unpaired) electrons. The Kier molecular flexibility index (Phi) is 4.56. The first-order valence-electron chi connectivity index (χ1n) is 7.67. The lowest BCUT2D eigenvalue weighted by molar-refractivity contribution is -0.119. The summed E-state index contributed by atoms with van der Waals surface area (Å²) in [5.41, 5.74) is 1.32. The number of fused-ring (bicyclic) bond motifs is 1. The summed E-state index contributed by atoms with van der Waals surface area (Å²) in [7, 11) is 0. The maximum atomic E-state index is 12.1. The van der Waals surface area contributed by atoms with Gasteiger partial charge >= 0.3 is 0 Å². The third-order valence-electron chi connectivity index (χ3n) is 3.66. The van der Waals surface area contributed by atoms with Gasteiger partial charge in [-0.05, 0) is 25.1 Å². The Hall–Kier alpha value is -3.48. The Labute approximate surface area is 143 Å². The van der Waals surface area contributed by atoms with Crippen molar-refractivity contribution in [3.05, 3.63) is 60.2 Å². The van der Waals surface area contributed by atoms with Gasteiger partial charge in [0.2, 0.25) is 5.88 Å². The van der Waals surface area contributed by atoms with Crippen LogP contribution < -0.4 is 5.32 Å². The van der Waals surface area contributed by atoms with Crippen molar-refractivity contribution < 1.29 is 14.7 Å². The van der Waals surface area contributed by atoms with Crippen molar-refractivity contribution in [3.63, 3.8) is 0 Å². The zero-order valence-corrected chi connectivity index (χ0v) is 13.4.